The van der Waals surface area contributed by atoms with Crippen molar-refractivity contribution in [3.05, 3.63) is 28.2 Å². The van der Waals surface area contributed by atoms with Crippen LogP contribution in [0.15, 0.2) is 22.7 Å². The molecular formula is C14H22BrNO2. The van der Waals surface area contributed by atoms with Crippen molar-refractivity contribution in [2.24, 2.45) is 5.92 Å². The molecule has 4 heteroatoms. The molecule has 0 radical (unpaired) electrons. The number of hydrogen-bond donors (Lipinski definition) is 3. The van der Waals surface area contributed by atoms with Crippen molar-refractivity contribution in [1.82, 2.24) is 5.32 Å². The molecule has 0 saturated carbocycles. The molecule has 3 nitrogen and oxygen atoms in total. The first kappa shape index (κ1) is 15.5. The number of aliphatic hydroxyl groups is 1. The van der Waals surface area contributed by atoms with Crippen LogP contribution in [-0.2, 0) is 6.54 Å². The van der Waals surface area contributed by atoms with Crippen molar-refractivity contribution in [2.75, 3.05) is 13.2 Å². The smallest absolute Gasteiger partial charge is 0.120 e. The van der Waals surface area contributed by atoms with Crippen molar-refractivity contribution in [3.8, 4) is 5.75 Å². The molecule has 1 unspecified atom stereocenters. The highest BCUT2D eigenvalue weighted by atomic mass is 79.9. The van der Waals surface area contributed by atoms with Gasteiger partial charge in [0.1, 0.15) is 5.75 Å². The normalized spacial score (nSPS) is 12.6. The van der Waals surface area contributed by atoms with E-state index in [0.717, 1.165) is 35.8 Å². The lowest BCUT2D eigenvalue weighted by Crippen LogP contribution is -2.23. The SMILES string of the molecule is CCCC(CCO)CNCc1cc(Br)ccc1O. The third-order valence-corrected chi connectivity index (χ3v) is 3.52. The van der Waals surface area contributed by atoms with Crippen LogP contribution in [0, 0.1) is 5.92 Å². The van der Waals surface area contributed by atoms with Crippen molar-refractivity contribution >= 4 is 15.9 Å². The maximum atomic E-state index is 9.71. The van der Waals surface area contributed by atoms with Gasteiger partial charge in [-0.25, -0.2) is 0 Å². The van der Waals surface area contributed by atoms with Crippen LogP contribution in [0.5, 0.6) is 5.75 Å². The molecule has 0 saturated heterocycles. The quantitative estimate of drug-likeness (QED) is 0.691. The molecule has 0 bridgehead atoms. The number of hydrogen-bond acceptors (Lipinski definition) is 3. The number of aromatic hydroxyl groups is 1. The van der Waals surface area contributed by atoms with E-state index < -0.39 is 0 Å². The van der Waals surface area contributed by atoms with Crippen LogP contribution in [0.25, 0.3) is 0 Å². The Bertz CT molecular complexity index is 352. The second-order valence-electron chi connectivity index (χ2n) is 4.57. The van der Waals surface area contributed by atoms with Gasteiger partial charge in [-0.3, -0.25) is 0 Å². The fraction of sp³-hybridized carbons (Fsp3) is 0.571. The molecule has 0 aliphatic carbocycles. The summed E-state index contributed by atoms with van der Waals surface area (Å²) in [7, 11) is 0. The molecule has 0 fully saturated rings. The zero-order valence-electron chi connectivity index (χ0n) is 10.8. The highest BCUT2D eigenvalue weighted by Crippen LogP contribution is 2.21. The van der Waals surface area contributed by atoms with Crippen LogP contribution in [0.1, 0.15) is 31.7 Å². The number of phenols is 1. The third-order valence-electron chi connectivity index (χ3n) is 3.02. The number of nitrogens with one attached hydrogen (secondary N) is 1. The van der Waals surface area contributed by atoms with Gasteiger partial charge in [0, 0.05) is 23.2 Å². The standard InChI is InChI=1S/C14H22BrNO2/c1-2-3-11(6-7-17)9-16-10-12-8-13(15)4-5-14(12)18/h4-5,8,11,16-18H,2-3,6-7,9-10H2,1H3. The van der Waals surface area contributed by atoms with Gasteiger partial charge in [0.25, 0.3) is 0 Å². The van der Waals surface area contributed by atoms with Crippen molar-refractivity contribution < 1.29 is 10.2 Å². The summed E-state index contributed by atoms with van der Waals surface area (Å²) in [5.74, 6) is 0.828. The Labute approximate surface area is 117 Å². The molecule has 1 rings (SSSR count). The van der Waals surface area contributed by atoms with E-state index in [1.807, 2.05) is 12.1 Å². The summed E-state index contributed by atoms with van der Waals surface area (Å²) in [6, 6.07) is 5.44. The lowest BCUT2D eigenvalue weighted by molar-refractivity contribution is 0.248. The fourth-order valence-electron chi connectivity index (χ4n) is 2.05. The van der Waals surface area contributed by atoms with Crippen molar-refractivity contribution in [1.29, 1.82) is 0 Å². The summed E-state index contributed by atoms with van der Waals surface area (Å²) in [4.78, 5) is 0. The van der Waals surface area contributed by atoms with Gasteiger partial charge in [0.2, 0.25) is 0 Å². The first-order chi connectivity index (χ1) is 8.67. The first-order valence-corrected chi connectivity index (χ1v) is 7.25. The molecule has 1 aromatic carbocycles. The van der Waals surface area contributed by atoms with Crippen LogP contribution < -0.4 is 5.32 Å². The monoisotopic (exact) mass is 315 g/mol. The minimum atomic E-state index is 0.245. The van der Waals surface area contributed by atoms with E-state index in [2.05, 4.69) is 28.2 Å². The van der Waals surface area contributed by atoms with Crippen molar-refractivity contribution in [2.45, 2.75) is 32.7 Å². The Hall–Kier alpha value is -0.580. The number of phenolic OH excluding ortho intramolecular Hbond substituents is 1. The molecule has 0 aliphatic rings. The topological polar surface area (TPSA) is 52.5 Å². The first-order valence-electron chi connectivity index (χ1n) is 6.46. The van der Waals surface area contributed by atoms with Gasteiger partial charge in [-0.15, -0.1) is 0 Å². The number of aliphatic hydroxyl groups excluding tert-OH is 1. The van der Waals surface area contributed by atoms with Gasteiger partial charge in [0.05, 0.1) is 0 Å². The number of benzene rings is 1. The maximum Gasteiger partial charge on any atom is 0.120 e. The molecule has 0 spiro atoms. The van der Waals surface area contributed by atoms with E-state index in [0.29, 0.717) is 18.2 Å². The highest BCUT2D eigenvalue weighted by molar-refractivity contribution is 9.10. The molecule has 0 heterocycles. The molecule has 102 valence electrons. The molecular weight excluding hydrogens is 294 g/mol. The average Bonchev–Trinajstić information content (AvgIpc) is 2.34. The highest BCUT2D eigenvalue weighted by Gasteiger charge is 2.07. The zero-order chi connectivity index (χ0) is 13.4. The lowest BCUT2D eigenvalue weighted by Gasteiger charge is -2.16. The molecule has 1 atom stereocenters. The van der Waals surface area contributed by atoms with Crippen LogP contribution >= 0.6 is 15.9 Å². The number of rotatable bonds is 8. The van der Waals surface area contributed by atoms with Crippen LogP contribution in [0.4, 0.5) is 0 Å². The van der Waals surface area contributed by atoms with Gasteiger partial charge < -0.3 is 15.5 Å². The Morgan fingerprint density at radius 1 is 1.33 bits per heavy atom. The second kappa shape index (κ2) is 8.51. The Morgan fingerprint density at radius 3 is 2.78 bits per heavy atom. The summed E-state index contributed by atoms with van der Waals surface area (Å²) >= 11 is 3.39. The minimum Gasteiger partial charge on any atom is -0.508 e. The Balaban J connectivity index is 2.41. The summed E-state index contributed by atoms with van der Waals surface area (Å²) in [5, 5.41) is 22.0. The van der Waals surface area contributed by atoms with Crippen LogP contribution in [-0.4, -0.2) is 23.4 Å². The van der Waals surface area contributed by atoms with E-state index in [4.69, 9.17) is 5.11 Å². The molecule has 0 aliphatic heterocycles. The van der Waals surface area contributed by atoms with E-state index in [9.17, 15) is 5.11 Å². The second-order valence-corrected chi connectivity index (χ2v) is 5.49. The fourth-order valence-corrected chi connectivity index (χ4v) is 2.45. The predicted molar refractivity (Wildman–Crippen MR) is 77.6 cm³/mol. The molecule has 0 amide bonds. The van der Waals surface area contributed by atoms with Gasteiger partial charge in [-0.2, -0.15) is 0 Å². The van der Waals surface area contributed by atoms with Gasteiger partial charge >= 0.3 is 0 Å². The Kier molecular flexibility index (Phi) is 7.32. The molecule has 18 heavy (non-hydrogen) atoms. The van der Waals surface area contributed by atoms with E-state index in [-0.39, 0.29) is 6.61 Å². The summed E-state index contributed by atoms with van der Waals surface area (Å²) in [6.07, 6.45) is 3.10. The van der Waals surface area contributed by atoms with E-state index in [1.54, 1.807) is 6.07 Å². The lowest BCUT2D eigenvalue weighted by atomic mass is 10.00. The van der Waals surface area contributed by atoms with E-state index in [1.165, 1.54) is 0 Å². The summed E-state index contributed by atoms with van der Waals surface area (Å²) in [5.41, 5.74) is 0.892. The predicted octanol–water partition coefficient (Wildman–Crippen LogP) is 3.04. The van der Waals surface area contributed by atoms with E-state index >= 15 is 0 Å². The van der Waals surface area contributed by atoms with Crippen molar-refractivity contribution in [3.63, 3.8) is 0 Å². The third kappa shape index (κ3) is 5.38. The number of halogens is 1. The Morgan fingerprint density at radius 2 is 2.11 bits per heavy atom. The van der Waals surface area contributed by atoms with Gasteiger partial charge in [-0.05, 0) is 43.5 Å². The molecule has 1 aromatic rings. The maximum absolute atomic E-state index is 9.71. The molecule has 3 N–H and O–H groups in total. The van der Waals surface area contributed by atoms with Crippen LogP contribution in [0.3, 0.4) is 0 Å². The minimum absolute atomic E-state index is 0.245. The van der Waals surface area contributed by atoms with Gasteiger partial charge in [0.15, 0.2) is 0 Å². The van der Waals surface area contributed by atoms with Crippen LogP contribution in [0.2, 0.25) is 0 Å². The summed E-state index contributed by atoms with van der Waals surface area (Å²) < 4.78 is 0.970. The zero-order valence-corrected chi connectivity index (χ0v) is 12.4. The average molecular weight is 316 g/mol. The largest absolute Gasteiger partial charge is 0.508 e. The molecule has 0 aromatic heterocycles. The summed E-state index contributed by atoms with van der Waals surface area (Å²) in [6.45, 7) is 3.93. The van der Waals surface area contributed by atoms with Gasteiger partial charge in [-0.1, -0.05) is 29.3 Å².